The lowest BCUT2D eigenvalue weighted by Gasteiger charge is -2.08. The smallest absolute Gasteiger partial charge is 0.251 e. The quantitative estimate of drug-likeness (QED) is 0.210. The molecule has 192 valence electrons. The number of furan rings is 1. The molecule has 0 bridgehead atoms. The molecule has 1 aromatic heterocycles. The molecule has 0 spiro atoms. The summed E-state index contributed by atoms with van der Waals surface area (Å²) in [4.78, 5) is 21.8. The molecule has 0 fully saturated rings. The fourth-order valence-electron chi connectivity index (χ4n) is 3.94. The highest BCUT2D eigenvalue weighted by Crippen LogP contribution is 2.31. The van der Waals surface area contributed by atoms with E-state index in [1.54, 1.807) is 19.2 Å². The summed E-state index contributed by atoms with van der Waals surface area (Å²) in [6.45, 7) is 2.52. The summed E-state index contributed by atoms with van der Waals surface area (Å²) in [5, 5.41) is 7.11. The van der Waals surface area contributed by atoms with Crippen LogP contribution in [0.1, 0.15) is 21.5 Å². The van der Waals surface area contributed by atoms with Gasteiger partial charge in [-0.2, -0.15) is 0 Å². The van der Waals surface area contributed by atoms with Gasteiger partial charge in [0.15, 0.2) is 0 Å². The fourth-order valence-corrected chi connectivity index (χ4v) is 4.39. The Balaban J connectivity index is 0.000000786. The summed E-state index contributed by atoms with van der Waals surface area (Å²) in [5.74, 6) is 0.300. The lowest BCUT2D eigenvalue weighted by atomic mass is 10.0. The van der Waals surface area contributed by atoms with Gasteiger partial charge in [0, 0.05) is 35.4 Å². The van der Waals surface area contributed by atoms with Crippen molar-refractivity contribution in [2.45, 2.75) is 13.5 Å². The lowest BCUT2D eigenvalue weighted by Crippen LogP contribution is -2.22. The van der Waals surface area contributed by atoms with Crippen LogP contribution in [0.25, 0.3) is 33.4 Å². The van der Waals surface area contributed by atoms with Crippen LogP contribution in [0.4, 0.5) is 4.39 Å². The van der Waals surface area contributed by atoms with Crippen molar-refractivity contribution in [2.24, 2.45) is 0 Å². The summed E-state index contributed by atoms with van der Waals surface area (Å²) in [7, 11) is 4.30. The first-order valence-electron chi connectivity index (χ1n) is 12.0. The summed E-state index contributed by atoms with van der Waals surface area (Å²) in [5.41, 5.74) is 6.35. The Labute approximate surface area is 223 Å². The number of nitrogens with one attached hydrogen (secondary N) is 2. The van der Waals surface area contributed by atoms with Crippen LogP contribution in [0.5, 0.6) is 0 Å². The molecule has 1 atom stereocenters. The SMILES string of the molecule is CNC=O.Cc1ccc(CNC(=O)c2cccc(-c3ccc4oc(-c5ccc(F)cc5)c(P)c4c3)c2)cc1. The first-order valence-corrected chi connectivity index (χ1v) is 12.6. The average Bonchev–Trinajstić information content (AvgIpc) is 3.28. The van der Waals surface area contributed by atoms with E-state index in [4.69, 9.17) is 9.21 Å². The van der Waals surface area contributed by atoms with Crippen molar-refractivity contribution in [1.29, 1.82) is 0 Å². The molecular formula is C31H28FN2O3P. The Bertz CT molecular complexity index is 1560. The molecule has 2 N–H and O–H groups in total. The van der Waals surface area contributed by atoms with Gasteiger partial charge in [0.1, 0.15) is 17.2 Å². The van der Waals surface area contributed by atoms with Gasteiger partial charge in [0.25, 0.3) is 5.91 Å². The Kier molecular flexibility index (Phi) is 8.67. The Morgan fingerprint density at radius 2 is 1.58 bits per heavy atom. The minimum absolute atomic E-state index is 0.114. The molecule has 2 amide bonds. The van der Waals surface area contributed by atoms with Gasteiger partial charge in [-0.1, -0.05) is 48.0 Å². The molecule has 1 unspecified atom stereocenters. The first kappa shape index (κ1) is 26.8. The zero-order valence-corrected chi connectivity index (χ0v) is 22.3. The zero-order chi connectivity index (χ0) is 27.1. The standard InChI is InChI=1S/C29H23FNO2P.C2H5NO/c1-18-5-7-19(8-6-18)17-31-29(32)23-4-2-3-21(15-23)22-11-14-26-25(16-22)28(34)27(33-26)20-9-12-24(30)13-10-20;1-3-2-4/h2-16H,17,34H2,1H3,(H,31,32);2H,1H3,(H,3,4). The van der Waals surface area contributed by atoms with E-state index in [2.05, 4.69) is 25.9 Å². The van der Waals surface area contributed by atoms with Crippen molar-refractivity contribution in [3.63, 3.8) is 0 Å². The third kappa shape index (κ3) is 6.34. The molecule has 0 radical (unpaired) electrons. The highest BCUT2D eigenvalue weighted by atomic mass is 31.0. The molecule has 5 rings (SSSR count). The second-order valence-electron chi connectivity index (χ2n) is 8.72. The van der Waals surface area contributed by atoms with E-state index >= 15 is 0 Å². The third-order valence-electron chi connectivity index (χ3n) is 5.98. The van der Waals surface area contributed by atoms with E-state index < -0.39 is 0 Å². The highest BCUT2D eigenvalue weighted by Gasteiger charge is 2.14. The number of halogens is 1. The van der Waals surface area contributed by atoms with Gasteiger partial charge in [0.2, 0.25) is 6.41 Å². The maximum Gasteiger partial charge on any atom is 0.251 e. The molecule has 0 saturated heterocycles. The van der Waals surface area contributed by atoms with E-state index in [0.29, 0.717) is 24.3 Å². The first-order chi connectivity index (χ1) is 18.4. The van der Waals surface area contributed by atoms with E-state index in [1.165, 1.54) is 17.7 Å². The molecule has 4 aromatic carbocycles. The summed E-state index contributed by atoms with van der Waals surface area (Å²) < 4.78 is 19.4. The maximum absolute atomic E-state index is 13.3. The normalized spacial score (nSPS) is 10.4. The number of benzene rings is 4. The van der Waals surface area contributed by atoms with E-state index in [-0.39, 0.29) is 11.7 Å². The second-order valence-corrected chi connectivity index (χ2v) is 9.30. The van der Waals surface area contributed by atoms with Crippen LogP contribution in [0, 0.1) is 12.7 Å². The molecule has 0 saturated carbocycles. The predicted octanol–water partition coefficient (Wildman–Crippen LogP) is 6.01. The number of amides is 2. The molecule has 7 heteroatoms. The van der Waals surface area contributed by atoms with Gasteiger partial charge in [0.05, 0.1) is 0 Å². The Hall–Kier alpha value is -4.28. The second kappa shape index (κ2) is 12.3. The summed E-state index contributed by atoms with van der Waals surface area (Å²) in [6.07, 6.45) is 0.625. The van der Waals surface area contributed by atoms with Gasteiger partial charge in [-0.25, -0.2) is 4.39 Å². The molecule has 1 heterocycles. The summed E-state index contributed by atoms with van der Waals surface area (Å²) in [6, 6.07) is 27.9. The minimum Gasteiger partial charge on any atom is -0.455 e. The van der Waals surface area contributed by atoms with Gasteiger partial charge < -0.3 is 15.1 Å². The van der Waals surface area contributed by atoms with Crippen molar-refractivity contribution >= 4 is 37.8 Å². The largest absolute Gasteiger partial charge is 0.455 e. The number of carbonyl (C=O) groups is 2. The Morgan fingerprint density at radius 1 is 0.921 bits per heavy atom. The van der Waals surface area contributed by atoms with Crippen LogP contribution in [0.2, 0.25) is 0 Å². The lowest BCUT2D eigenvalue weighted by molar-refractivity contribution is -0.109. The summed E-state index contributed by atoms with van der Waals surface area (Å²) >= 11 is 0. The predicted molar refractivity (Wildman–Crippen MR) is 154 cm³/mol. The number of hydrogen-bond donors (Lipinski definition) is 2. The van der Waals surface area contributed by atoms with Crippen molar-refractivity contribution in [3.05, 3.63) is 114 Å². The minimum atomic E-state index is -0.282. The van der Waals surface area contributed by atoms with Crippen LogP contribution in [-0.2, 0) is 11.3 Å². The van der Waals surface area contributed by atoms with E-state index in [0.717, 1.165) is 38.5 Å². The number of aryl methyl sites for hydroxylation is 1. The van der Waals surface area contributed by atoms with Crippen molar-refractivity contribution < 1.29 is 18.4 Å². The van der Waals surface area contributed by atoms with E-state index in [1.807, 2.05) is 67.6 Å². The molecule has 0 aliphatic rings. The van der Waals surface area contributed by atoms with Gasteiger partial charge in [-0.05, 0) is 72.1 Å². The van der Waals surface area contributed by atoms with Crippen molar-refractivity contribution in [3.8, 4) is 22.5 Å². The number of carbonyl (C=O) groups excluding carboxylic acids is 2. The molecular weight excluding hydrogens is 498 g/mol. The van der Waals surface area contributed by atoms with Gasteiger partial charge >= 0.3 is 0 Å². The number of hydrogen-bond acceptors (Lipinski definition) is 3. The van der Waals surface area contributed by atoms with Crippen LogP contribution in [0.3, 0.4) is 0 Å². The monoisotopic (exact) mass is 526 g/mol. The van der Waals surface area contributed by atoms with Crippen LogP contribution in [-0.4, -0.2) is 19.4 Å². The Morgan fingerprint density at radius 3 is 2.26 bits per heavy atom. The van der Waals surface area contributed by atoms with Gasteiger partial charge in [-0.15, -0.1) is 9.24 Å². The van der Waals surface area contributed by atoms with Crippen LogP contribution in [0.15, 0.2) is 95.4 Å². The van der Waals surface area contributed by atoms with Crippen molar-refractivity contribution in [1.82, 2.24) is 10.6 Å². The molecule has 5 nitrogen and oxygen atoms in total. The van der Waals surface area contributed by atoms with Crippen molar-refractivity contribution in [2.75, 3.05) is 7.05 Å². The number of rotatable bonds is 6. The molecule has 0 aliphatic carbocycles. The average molecular weight is 527 g/mol. The highest BCUT2D eigenvalue weighted by molar-refractivity contribution is 7.29. The van der Waals surface area contributed by atoms with Crippen LogP contribution < -0.4 is 15.9 Å². The van der Waals surface area contributed by atoms with Gasteiger partial charge in [-0.3, -0.25) is 9.59 Å². The fraction of sp³-hybridized carbons (Fsp3) is 0.0968. The third-order valence-corrected chi connectivity index (χ3v) is 6.56. The maximum atomic E-state index is 13.3. The molecule has 0 aliphatic heterocycles. The molecule has 38 heavy (non-hydrogen) atoms. The number of fused-ring (bicyclic) bond motifs is 1. The molecule has 5 aromatic rings. The topological polar surface area (TPSA) is 71.3 Å². The van der Waals surface area contributed by atoms with Crippen LogP contribution >= 0.6 is 9.24 Å². The van der Waals surface area contributed by atoms with E-state index in [9.17, 15) is 9.18 Å². The zero-order valence-electron chi connectivity index (χ0n) is 21.1.